The molecule has 0 bridgehead atoms. The Morgan fingerprint density at radius 3 is 2.17 bits per heavy atom. The third-order valence-electron chi connectivity index (χ3n) is 5.08. The zero-order valence-corrected chi connectivity index (χ0v) is 16.4. The lowest BCUT2D eigenvalue weighted by molar-refractivity contribution is -0.120. The molecule has 1 aliphatic heterocycles. The molecule has 4 nitrogen and oxygen atoms in total. The third kappa shape index (κ3) is 3.37. The number of benzene rings is 3. The number of carbonyl (C=O) groups is 2. The van der Waals surface area contributed by atoms with Crippen LogP contribution >= 0.6 is 0 Å². The number of halogens is 2. The molecule has 1 N–H and O–H groups in total. The summed E-state index contributed by atoms with van der Waals surface area (Å²) >= 11 is 0. The van der Waals surface area contributed by atoms with Crippen LogP contribution in [0.1, 0.15) is 16.7 Å². The van der Waals surface area contributed by atoms with Crippen molar-refractivity contribution in [3.05, 3.63) is 101 Å². The van der Waals surface area contributed by atoms with Crippen LogP contribution in [0.25, 0.3) is 5.57 Å². The number of anilines is 2. The maximum absolute atomic E-state index is 13.8. The molecule has 6 heteroatoms. The number of imide groups is 1. The van der Waals surface area contributed by atoms with E-state index in [1.54, 1.807) is 30.3 Å². The zero-order chi connectivity index (χ0) is 21.4. The third-order valence-corrected chi connectivity index (χ3v) is 5.08. The lowest BCUT2D eigenvalue weighted by atomic mass is 10.0. The predicted molar refractivity (Wildman–Crippen MR) is 112 cm³/mol. The zero-order valence-electron chi connectivity index (χ0n) is 16.4. The molecular formula is C24H18F2N2O2. The van der Waals surface area contributed by atoms with Crippen molar-refractivity contribution in [1.82, 2.24) is 0 Å². The average molecular weight is 404 g/mol. The van der Waals surface area contributed by atoms with Gasteiger partial charge in [-0.1, -0.05) is 36.4 Å². The van der Waals surface area contributed by atoms with Gasteiger partial charge in [0, 0.05) is 11.8 Å². The van der Waals surface area contributed by atoms with E-state index in [1.807, 2.05) is 32.0 Å². The molecule has 3 aromatic carbocycles. The fourth-order valence-corrected chi connectivity index (χ4v) is 3.34. The highest BCUT2D eigenvalue weighted by Crippen LogP contribution is 2.34. The van der Waals surface area contributed by atoms with E-state index in [0.29, 0.717) is 11.3 Å². The van der Waals surface area contributed by atoms with Crippen molar-refractivity contribution in [3.63, 3.8) is 0 Å². The molecule has 1 aliphatic rings. The van der Waals surface area contributed by atoms with E-state index in [2.05, 4.69) is 5.32 Å². The van der Waals surface area contributed by atoms with E-state index in [-0.39, 0.29) is 17.0 Å². The van der Waals surface area contributed by atoms with Crippen LogP contribution in [0.3, 0.4) is 0 Å². The van der Waals surface area contributed by atoms with Crippen LogP contribution in [0.5, 0.6) is 0 Å². The van der Waals surface area contributed by atoms with Crippen molar-refractivity contribution in [2.75, 3.05) is 10.2 Å². The Labute approximate surface area is 172 Å². The van der Waals surface area contributed by atoms with E-state index < -0.39 is 23.4 Å². The second-order valence-electron chi connectivity index (χ2n) is 7.08. The van der Waals surface area contributed by atoms with Gasteiger partial charge in [-0.3, -0.25) is 9.59 Å². The summed E-state index contributed by atoms with van der Waals surface area (Å²) in [6, 6.07) is 17.3. The van der Waals surface area contributed by atoms with Gasteiger partial charge in [-0.25, -0.2) is 13.7 Å². The second kappa shape index (κ2) is 7.55. The van der Waals surface area contributed by atoms with Gasteiger partial charge in [-0.2, -0.15) is 0 Å². The molecule has 150 valence electrons. The monoisotopic (exact) mass is 404 g/mol. The van der Waals surface area contributed by atoms with E-state index in [0.717, 1.165) is 28.2 Å². The Kier molecular flexibility index (Phi) is 4.91. The molecule has 0 saturated heterocycles. The SMILES string of the molecule is Cc1ccc(NC2=C(c3ccccc3)C(=O)N(c3ccc(F)c(F)c3)C2=O)cc1C. The van der Waals surface area contributed by atoms with Crippen LogP contribution in [0.15, 0.2) is 72.4 Å². The van der Waals surface area contributed by atoms with E-state index in [1.165, 1.54) is 6.07 Å². The van der Waals surface area contributed by atoms with Gasteiger partial charge in [0.1, 0.15) is 5.70 Å². The largest absolute Gasteiger partial charge is 0.350 e. The fourth-order valence-electron chi connectivity index (χ4n) is 3.34. The van der Waals surface area contributed by atoms with Crippen molar-refractivity contribution in [2.24, 2.45) is 0 Å². The van der Waals surface area contributed by atoms with Crippen molar-refractivity contribution in [3.8, 4) is 0 Å². The van der Waals surface area contributed by atoms with Gasteiger partial charge in [-0.05, 0) is 54.8 Å². The number of rotatable bonds is 4. The highest BCUT2D eigenvalue weighted by molar-refractivity contribution is 6.46. The molecule has 0 atom stereocenters. The van der Waals surface area contributed by atoms with Crippen LogP contribution < -0.4 is 10.2 Å². The van der Waals surface area contributed by atoms with Crippen LogP contribution in [-0.2, 0) is 9.59 Å². The summed E-state index contributed by atoms with van der Waals surface area (Å²) in [5, 5.41) is 3.06. The van der Waals surface area contributed by atoms with Gasteiger partial charge in [-0.15, -0.1) is 0 Å². The molecule has 0 unspecified atom stereocenters. The first-order valence-electron chi connectivity index (χ1n) is 9.34. The minimum absolute atomic E-state index is 0.0331. The number of amides is 2. The van der Waals surface area contributed by atoms with E-state index in [9.17, 15) is 18.4 Å². The Bertz CT molecular complexity index is 1200. The van der Waals surface area contributed by atoms with Gasteiger partial charge >= 0.3 is 0 Å². The van der Waals surface area contributed by atoms with Crippen molar-refractivity contribution < 1.29 is 18.4 Å². The number of hydrogen-bond acceptors (Lipinski definition) is 3. The van der Waals surface area contributed by atoms with Crippen molar-refractivity contribution in [1.29, 1.82) is 0 Å². The quantitative estimate of drug-likeness (QED) is 0.624. The van der Waals surface area contributed by atoms with Gasteiger partial charge in [0.05, 0.1) is 11.3 Å². The highest BCUT2D eigenvalue weighted by atomic mass is 19.2. The number of hydrogen-bond donors (Lipinski definition) is 1. The smallest absolute Gasteiger partial charge is 0.282 e. The standard InChI is InChI=1S/C24H18F2N2O2/c1-14-8-9-17(12-15(14)2)27-22-21(16-6-4-3-5-7-16)23(29)28(24(22)30)18-10-11-19(25)20(26)13-18/h3-13,27H,1-2H3. The minimum atomic E-state index is -1.13. The van der Waals surface area contributed by atoms with Crippen LogP contribution in [-0.4, -0.2) is 11.8 Å². The van der Waals surface area contributed by atoms with E-state index >= 15 is 0 Å². The van der Waals surface area contributed by atoms with Gasteiger partial charge in [0.25, 0.3) is 11.8 Å². The summed E-state index contributed by atoms with van der Waals surface area (Å²) < 4.78 is 27.1. The second-order valence-corrected chi connectivity index (χ2v) is 7.08. The Morgan fingerprint density at radius 2 is 1.50 bits per heavy atom. The first-order chi connectivity index (χ1) is 14.4. The Morgan fingerprint density at radius 1 is 0.767 bits per heavy atom. The number of carbonyl (C=O) groups excluding carboxylic acids is 2. The minimum Gasteiger partial charge on any atom is -0.350 e. The molecule has 0 spiro atoms. The molecule has 0 saturated carbocycles. The molecule has 3 aromatic rings. The van der Waals surface area contributed by atoms with Crippen LogP contribution in [0.4, 0.5) is 20.2 Å². The summed E-state index contributed by atoms with van der Waals surface area (Å²) in [6.07, 6.45) is 0. The number of nitrogens with zero attached hydrogens (tertiary/aromatic N) is 1. The molecule has 0 aliphatic carbocycles. The molecule has 30 heavy (non-hydrogen) atoms. The summed E-state index contributed by atoms with van der Waals surface area (Å²) in [6.45, 7) is 3.92. The summed E-state index contributed by atoms with van der Waals surface area (Å²) in [5.41, 5.74) is 3.53. The molecule has 0 fully saturated rings. The van der Waals surface area contributed by atoms with E-state index in [4.69, 9.17) is 0 Å². The van der Waals surface area contributed by atoms with Crippen LogP contribution in [0.2, 0.25) is 0 Å². The van der Waals surface area contributed by atoms with Crippen LogP contribution in [0, 0.1) is 25.5 Å². The first kappa shape index (κ1) is 19.5. The first-order valence-corrected chi connectivity index (χ1v) is 9.34. The molecule has 2 amide bonds. The summed E-state index contributed by atoms with van der Waals surface area (Å²) in [7, 11) is 0. The maximum Gasteiger partial charge on any atom is 0.282 e. The Balaban J connectivity index is 1.82. The summed E-state index contributed by atoms with van der Waals surface area (Å²) in [5.74, 6) is -3.43. The van der Waals surface area contributed by atoms with Crippen molar-refractivity contribution in [2.45, 2.75) is 13.8 Å². The highest BCUT2D eigenvalue weighted by Gasteiger charge is 2.40. The lowest BCUT2D eigenvalue weighted by Gasteiger charge is -2.16. The van der Waals surface area contributed by atoms with Gasteiger partial charge < -0.3 is 5.32 Å². The molecule has 4 rings (SSSR count). The topological polar surface area (TPSA) is 49.4 Å². The molecule has 0 radical (unpaired) electrons. The lowest BCUT2D eigenvalue weighted by Crippen LogP contribution is -2.32. The van der Waals surface area contributed by atoms with Gasteiger partial charge in [0.15, 0.2) is 11.6 Å². The number of nitrogens with one attached hydrogen (secondary N) is 1. The fraction of sp³-hybridized carbons (Fsp3) is 0.0833. The molecule has 0 aromatic heterocycles. The normalized spacial score (nSPS) is 13.9. The number of aryl methyl sites for hydroxylation is 2. The maximum atomic E-state index is 13.8. The molecule has 1 heterocycles. The average Bonchev–Trinajstić information content (AvgIpc) is 2.97. The Hall–Kier alpha value is -3.80. The predicted octanol–water partition coefficient (Wildman–Crippen LogP) is 4.98. The summed E-state index contributed by atoms with van der Waals surface area (Å²) in [4.78, 5) is 27.3. The molecular weight excluding hydrogens is 386 g/mol. The van der Waals surface area contributed by atoms with Gasteiger partial charge in [0.2, 0.25) is 0 Å². The van der Waals surface area contributed by atoms with Crippen molar-refractivity contribution >= 4 is 28.8 Å².